The van der Waals surface area contributed by atoms with Gasteiger partial charge in [0.05, 0.1) is 19.9 Å². The first-order valence-corrected chi connectivity index (χ1v) is 10.6. The van der Waals surface area contributed by atoms with Gasteiger partial charge in [0.1, 0.15) is 0 Å². The number of piperazine rings is 1. The van der Waals surface area contributed by atoms with Crippen LogP contribution in [0.1, 0.15) is 5.56 Å². The van der Waals surface area contributed by atoms with E-state index in [9.17, 15) is 13.2 Å². The zero-order valence-corrected chi connectivity index (χ0v) is 18.0. The van der Waals surface area contributed by atoms with E-state index >= 15 is 0 Å². The van der Waals surface area contributed by atoms with Crippen molar-refractivity contribution in [1.82, 2.24) is 15.1 Å². The Morgan fingerprint density at radius 1 is 1.10 bits per heavy atom. The summed E-state index contributed by atoms with van der Waals surface area (Å²) in [5.74, 6) is 0.463. The van der Waals surface area contributed by atoms with Crippen molar-refractivity contribution in [3.05, 3.63) is 45.7 Å². The first-order chi connectivity index (χ1) is 13.8. The molecular formula is C19H19BrF3N5S. The lowest BCUT2D eigenvalue weighted by Gasteiger charge is -2.35. The third kappa shape index (κ3) is 4.59. The molecule has 29 heavy (non-hydrogen) atoms. The Hall–Kier alpha value is -2.04. The standard InChI is InChI=1S/C19H19BrF3N5S/c1-27-6-8-28(9-7-27)15-3-2-12(10-13(15)19(21,22)23)24-18-11-14(25-26-18)16-4-5-17(20)29-16/h2-5,10-11H,6-9H2,1H3,(H2,24,25,26). The van der Waals surface area contributed by atoms with Crippen LogP contribution < -0.4 is 10.2 Å². The summed E-state index contributed by atoms with van der Waals surface area (Å²) in [6.07, 6.45) is -4.43. The molecule has 154 valence electrons. The molecule has 0 radical (unpaired) electrons. The minimum absolute atomic E-state index is 0.224. The van der Waals surface area contributed by atoms with E-state index in [-0.39, 0.29) is 5.69 Å². The van der Waals surface area contributed by atoms with Gasteiger partial charge >= 0.3 is 6.18 Å². The maximum Gasteiger partial charge on any atom is 0.418 e. The molecule has 2 N–H and O–H groups in total. The van der Waals surface area contributed by atoms with Crippen molar-refractivity contribution in [2.24, 2.45) is 0 Å². The molecule has 2 aromatic heterocycles. The minimum atomic E-state index is -4.43. The van der Waals surface area contributed by atoms with E-state index in [0.717, 1.165) is 33.5 Å². The number of aromatic nitrogens is 2. The average Bonchev–Trinajstić information content (AvgIpc) is 3.31. The molecule has 0 spiro atoms. The molecule has 0 atom stereocenters. The highest BCUT2D eigenvalue weighted by Crippen LogP contribution is 2.39. The maximum absolute atomic E-state index is 13.7. The normalized spacial score (nSPS) is 15.7. The molecule has 10 heteroatoms. The van der Waals surface area contributed by atoms with E-state index in [1.54, 1.807) is 34.4 Å². The fourth-order valence-corrected chi connectivity index (χ4v) is 4.63. The monoisotopic (exact) mass is 485 g/mol. The Morgan fingerprint density at radius 2 is 1.86 bits per heavy atom. The van der Waals surface area contributed by atoms with Gasteiger partial charge < -0.3 is 15.1 Å². The van der Waals surface area contributed by atoms with Gasteiger partial charge in [0.25, 0.3) is 0 Å². The lowest BCUT2D eigenvalue weighted by molar-refractivity contribution is -0.137. The van der Waals surface area contributed by atoms with E-state index in [4.69, 9.17) is 0 Å². The van der Waals surface area contributed by atoms with Gasteiger partial charge in [-0.15, -0.1) is 11.3 Å². The van der Waals surface area contributed by atoms with E-state index in [1.165, 1.54) is 0 Å². The fraction of sp³-hybridized carbons (Fsp3) is 0.316. The number of thiophene rings is 1. The molecule has 4 rings (SSSR count). The van der Waals surface area contributed by atoms with Crippen LogP contribution in [0.5, 0.6) is 0 Å². The van der Waals surface area contributed by atoms with Gasteiger partial charge in [-0.25, -0.2) is 0 Å². The molecule has 0 saturated carbocycles. The summed E-state index contributed by atoms with van der Waals surface area (Å²) in [6, 6.07) is 10.0. The van der Waals surface area contributed by atoms with Crippen LogP contribution in [0, 0.1) is 0 Å². The Balaban J connectivity index is 1.58. The van der Waals surface area contributed by atoms with Gasteiger partial charge in [-0.2, -0.15) is 18.3 Å². The second kappa shape index (κ2) is 8.00. The third-order valence-corrected chi connectivity index (χ3v) is 6.49. The zero-order chi connectivity index (χ0) is 20.6. The fourth-order valence-electron chi connectivity index (χ4n) is 3.28. The van der Waals surface area contributed by atoms with Crippen LogP contribution in [0.2, 0.25) is 0 Å². The topological polar surface area (TPSA) is 47.2 Å². The van der Waals surface area contributed by atoms with Crippen LogP contribution in [0.15, 0.2) is 40.2 Å². The van der Waals surface area contributed by atoms with Crippen LogP contribution >= 0.6 is 27.3 Å². The number of H-pyrrole nitrogens is 1. The number of nitrogens with one attached hydrogen (secondary N) is 2. The number of aromatic amines is 1. The first kappa shape index (κ1) is 20.2. The Labute approximate surface area is 178 Å². The van der Waals surface area contributed by atoms with Gasteiger partial charge in [0.2, 0.25) is 0 Å². The number of likely N-dealkylation sites (N-methyl/N-ethyl adjacent to an activating group) is 1. The molecule has 3 heterocycles. The Morgan fingerprint density at radius 3 is 2.52 bits per heavy atom. The van der Waals surface area contributed by atoms with Crippen molar-refractivity contribution in [2.75, 3.05) is 43.4 Å². The summed E-state index contributed by atoms with van der Waals surface area (Å²) in [5.41, 5.74) is 0.737. The van der Waals surface area contributed by atoms with E-state index in [1.807, 2.05) is 19.2 Å². The largest absolute Gasteiger partial charge is 0.418 e. The number of hydrogen-bond donors (Lipinski definition) is 2. The molecule has 1 fully saturated rings. The van der Waals surface area contributed by atoms with Gasteiger partial charge in [0, 0.05) is 43.6 Å². The number of alkyl halides is 3. The number of rotatable bonds is 4. The van der Waals surface area contributed by atoms with Gasteiger partial charge in [0.15, 0.2) is 5.82 Å². The van der Waals surface area contributed by atoms with Crippen LogP contribution in [0.4, 0.5) is 30.4 Å². The molecule has 1 aliphatic rings. The maximum atomic E-state index is 13.7. The van der Waals surface area contributed by atoms with Crippen molar-refractivity contribution in [1.29, 1.82) is 0 Å². The van der Waals surface area contributed by atoms with Crippen LogP contribution in [0.3, 0.4) is 0 Å². The Bertz CT molecular complexity index is 992. The van der Waals surface area contributed by atoms with Crippen molar-refractivity contribution in [3.63, 3.8) is 0 Å². The first-order valence-electron chi connectivity index (χ1n) is 9.02. The van der Waals surface area contributed by atoms with E-state index in [2.05, 4.69) is 36.3 Å². The minimum Gasteiger partial charge on any atom is -0.368 e. The van der Waals surface area contributed by atoms with Crippen molar-refractivity contribution >= 4 is 44.5 Å². The summed E-state index contributed by atoms with van der Waals surface area (Å²) in [5, 5.41) is 10.1. The second-order valence-electron chi connectivity index (χ2n) is 6.92. The lowest BCUT2D eigenvalue weighted by Crippen LogP contribution is -2.45. The quantitative estimate of drug-likeness (QED) is 0.518. The summed E-state index contributed by atoms with van der Waals surface area (Å²) < 4.78 is 42.2. The SMILES string of the molecule is CN1CCN(c2ccc(Nc3cc(-c4ccc(Br)s4)[nH]n3)cc2C(F)(F)F)CC1. The average molecular weight is 486 g/mol. The van der Waals surface area contributed by atoms with Crippen LogP contribution in [0.25, 0.3) is 10.6 Å². The van der Waals surface area contributed by atoms with Gasteiger partial charge in [-0.1, -0.05) is 0 Å². The highest BCUT2D eigenvalue weighted by Gasteiger charge is 2.35. The summed E-state index contributed by atoms with van der Waals surface area (Å²) >= 11 is 4.96. The molecule has 1 saturated heterocycles. The molecule has 0 amide bonds. The van der Waals surface area contributed by atoms with Crippen molar-refractivity contribution in [3.8, 4) is 10.6 Å². The highest BCUT2D eigenvalue weighted by molar-refractivity contribution is 9.11. The van der Waals surface area contributed by atoms with E-state index in [0.29, 0.717) is 24.6 Å². The smallest absolute Gasteiger partial charge is 0.368 e. The van der Waals surface area contributed by atoms with Gasteiger partial charge in [-0.3, -0.25) is 5.10 Å². The van der Waals surface area contributed by atoms with Gasteiger partial charge in [-0.05, 0) is 53.3 Å². The molecule has 3 aromatic rings. The highest BCUT2D eigenvalue weighted by atomic mass is 79.9. The lowest BCUT2D eigenvalue weighted by atomic mass is 10.1. The third-order valence-electron chi connectivity index (χ3n) is 4.83. The molecule has 1 aliphatic heterocycles. The summed E-state index contributed by atoms with van der Waals surface area (Å²) in [7, 11) is 1.97. The summed E-state index contributed by atoms with van der Waals surface area (Å²) in [4.78, 5) is 4.90. The molecule has 0 aliphatic carbocycles. The Kier molecular flexibility index (Phi) is 5.58. The number of anilines is 3. The zero-order valence-electron chi connectivity index (χ0n) is 15.6. The van der Waals surface area contributed by atoms with Crippen molar-refractivity contribution < 1.29 is 13.2 Å². The second-order valence-corrected chi connectivity index (χ2v) is 9.38. The number of nitrogens with zero attached hydrogens (tertiary/aromatic N) is 3. The molecule has 0 bridgehead atoms. The molecule has 0 unspecified atom stereocenters. The molecular weight excluding hydrogens is 467 g/mol. The molecule has 5 nitrogen and oxygen atoms in total. The predicted octanol–water partition coefficient (Wildman–Crippen LogP) is 5.41. The van der Waals surface area contributed by atoms with Crippen LogP contribution in [-0.4, -0.2) is 48.3 Å². The number of benzene rings is 1. The number of hydrogen-bond acceptors (Lipinski definition) is 5. The van der Waals surface area contributed by atoms with Crippen molar-refractivity contribution in [2.45, 2.75) is 6.18 Å². The summed E-state index contributed by atoms with van der Waals surface area (Å²) in [6.45, 7) is 2.63. The predicted molar refractivity (Wildman–Crippen MR) is 114 cm³/mol. The molecule has 1 aromatic carbocycles. The number of halogens is 4. The van der Waals surface area contributed by atoms with Crippen LogP contribution in [-0.2, 0) is 6.18 Å². The van der Waals surface area contributed by atoms with E-state index < -0.39 is 11.7 Å².